The van der Waals surface area contributed by atoms with Crippen molar-refractivity contribution in [3.05, 3.63) is 12.2 Å². The summed E-state index contributed by atoms with van der Waals surface area (Å²) in [6.07, 6.45) is 6.61. The van der Waals surface area contributed by atoms with E-state index in [-0.39, 0.29) is 0 Å². The topological polar surface area (TPSA) is 56.8 Å². The highest BCUT2D eigenvalue weighted by molar-refractivity contribution is 5.66. The van der Waals surface area contributed by atoms with Crippen molar-refractivity contribution in [1.82, 2.24) is 5.32 Å². The zero-order valence-corrected chi connectivity index (χ0v) is 9.61. The van der Waals surface area contributed by atoms with Crippen molar-refractivity contribution in [3.8, 4) is 0 Å². The summed E-state index contributed by atoms with van der Waals surface area (Å²) in [7, 11) is 0. The summed E-state index contributed by atoms with van der Waals surface area (Å²) >= 11 is 0. The molecule has 5 heteroatoms. The van der Waals surface area contributed by atoms with E-state index in [0.29, 0.717) is 13.2 Å². The van der Waals surface area contributed by atoms with Crippen molar-refractivity contribution in [2.45, 2.75) is 38.9 Å². The molecule has 1 aliphatic rings. The average molecular weight is 229 g/mol. The van der Waals surface area contributed by atoms with E-state index in [0.717, 1.165) is 25.7 Å². The maximum absolute atomic E-state index is 11.1. The summed E-state index contributed by atoms with van der Waals surface area (Å²) < 4.78 is 5.23. The smallest absolute Gasteiger partial charge is 0.349 e. The van der Waals surface area contributed by atoms with Crippen molar-refractivity contribution in [1.29, 1.82) is 0 Å². The molecular weight excluding hydrogens is 210 g/mol. The number of carbonyl (C=O) groups excluding carboxylic acids is 1. The Balaban J connectivity index is 2.02. The van der Waals surface area contributed by atoms with E-state index in [4.69, 9.17) is 9.62 Å². The lowest BCUT2D eigenvalue weighted by Crippen LogP contribution is -2.29. The fraction of sp³-hybridized carbons (Fsp3) is 0.727. The molecule has 0 saturated carbocycles. The summed E-state index contributed by atoms with van der Waals surface area (Å²) in [4.78, 5) is 20.5. The van der Waals surface area contributed by atoms with Gasteiger partial charge in [-0.05, 0) is 19.3 Å². The molecule has 16 heavy (non-hydrogen) atoms. The monoisotopic (exact) mass is 229 g/mol. The molecule has 1 N–H and O–H groups in total. The second kappa shape index (κ2) is 8.13. The number of carbonyl (C=O) groups is 1. The van der Waals surface area contributed by atoms with Crippen molar-refractivity contribution in [3.63, 3.8) is 0 Å². The first-order valence-corrected chi connectivity index (χ1v) is 5.70. The molecule has 1 unspecified atom stereocenters. The van der Waals surface area contributed by atoms with Crippen LogP contribution in [0.1, 0.15) is 32.6 Å². The van der Waals surface area contributed by atoms with E-state index < -0.39 is 12.4 Å². The molecular formula is C11H19NO4. The molecule has 0 spiro atoms. The van der Waals surface area contributed by atoms with Gasteiger partial charge in [0.05, 0.1) is 0 Å². The van der Waals surface area contributed by atoms with Crippen LogP contribution >= 0.6 is 0 Å². The molecule has 1 amide bonds. The molecule has 1 saturated heterocycles. The summed E-state index contributed by atoms with van der Waals surface area (Å²) in [6.45, 7) is 3.13. The summed E-state index contributed by atoms with van der Waals surface area (Å²) in [5.74, 6) is 0. The number of nitrogens with one attached hydrogen (secondary N) is 1. The Bertz CT molecular complexity index is 224. The van der Waals surface area contributed by atoms with Crippen LogP contribution < -0.4 is 5.32 Å². The van der Waals surface area contributed by atoms with E-state index >= 15 is 0 Å². The van der Waals surface area contributed by atoms with E-state index in [9.17, 15) is 4.79 Å². The highest BCUT2D eigenvalue weighted by atomic mass is 17.2. The third kappa shape index (κ3) is 5.72. The van der Waals surface area contributed by atoms with Gasteiger partial charge in [0.2, 0.25) is 6.29 Å². The summed E-state index contributed by atoms with van der Waals surface area (Å²) in [5, 5.41) is 2.53. The Morgan fingerprint density at radius 2 is 2.38 bits per heavy atom. The first-order chi connectivity index (χ1) is 7.83. The fourth-order valence-electron chi connectivity index (χ4n) is 1.31. The molecule has 0 radical (unpaired) electrons. The standard InChI is InChI=1S/C11H19NO4/c1-2-3-5-8-12-11(13)16-15-10-7-4-6-9-14-10/h3,5,10H,2,4,6-9H2,1H3,(H,12,13)/b5-3+. The van der Waals surface area contributed by atoms with Crippen LogP contribution in [0.3, 0.4) is 0 Å². The van der Waals surface area contributed by atoms with Crippen molar-refractivity contribution in [2.24, 2.45) is 0 Å². The number of ether oxygens (including phenoxy) is 1. The Morgan fingerprint density at radius 1 is 1.50 bits per heavy atom. The number of hydrogen-bond acceptors (Lipinski definition) is 4. The van der Waals surface area contributed by atoms with Gasteiger partial charge in [0.25, 0.3) is 0 Å². The van der Waals surface area contributed by atoms with Gasteiger partial charge in [-0.3, -0.25) is 4.89 Å². The highest BCUT2D eigenvalue weighted by Crippen LogP contribution is 2.13. The molecule has 0 aliphatic carbocycles. The molecule has 1 aliphatic heterocycles. The van der Waals surface area contributed by atoms with E-state index in [1.807, 2.05) is 19.1 Å². The number of amides is 1. The molecule has 1 fully saturated rings. The molecule has 0 aromatic carbocycles. The Labute approximate surface area is 95.7 Å². The van der Waals surface area contributed by atoms with Gasteiger partial charge in [-0.15, -0.1) is 0 Å². The molecule has 1 rings (SSSR count). The molecule has 1 atom stereocenters. The number of rotatable bonds is 5. The first-order valence-electron chi connectivity index (χ1n) is 5.70. The van der Waals surface area contributed by atoms with Gasteiger partial charge in [-0.2, -0.15) is 4.89 Å². The average Bonchev–Trinajstić information content (AvgIpc) is 2.33. The number of allylic oxidation sites excluding steroid dienone is 1. The number of hydrogen-bond donors (Lipinski definition) is 1. The summed E-state index contributed by atoms with van der Waals surface area (Å²) in [5.41, 5.74) is 0. The Kier molecular flexibility index (Phi) is 6.60. The maximum atomic E-state index is 11.1. The van der Waals surface area contributed by atoms with Gasteiger partial charge in [0, 0.05) is 19.6 Å². The van der Waals surface area contributed by atoms with Crippen LogP contribution in [0.4, 0.5) is 4.79 Å². The quantitative estimate of drug-likeness (QED) is 0.446. The fourth-order valence-corrected chi connectivity index (χ4v) is 1.31. The third-order valence-corrected chi connectivity index (χ3v) is 2.14. The van der Waals surface area contributed by atoms with Gasteiger partial charge < -0.3 is 10.1 Å². The lowest BCUT2D eigenvalue weighted by atomic mass is 10.2. The van der Waals surface area contributed by atoms with E-state index in [1.165, 1.54) is 0 Å². The Hall–Kier alpha value is -1.07. The minimum atomic E-state index is -0.588. The maximum Gasteiger partial charge on any atom is 0.439 e. The van der Waals surface area contributed by atoms with Crippen molar-refractivity contribution in [2.75, 3.05) is 13.2 Å². The lowest BCUT2D eigenvalue weighted by Gasteiger charge is -2.20. The van der Waals surface area contributed by atoms with Crippen LogP contribution in [0.2, 0.25) is 0 Å². The third-order valence-electron chi connectivity index (χ3n) is 2.14. The molecule has 0 aromatic heterocycles. The molecule has 92 valence electrons. The minimum absolute atomic E-state index is 0.411. The van der Waals surface area contributed by atoms with Gasteiger partial charge in [0.1, 0.15) is 0 Å². The second-order valence-electron chi connectivity index (χ2n) is 3.52. The van der Waals surface area contributed by atoms with Crippen LogP contribution in [0.25, 0.3) is 0 Å². The molecule has 0 bridgehead atoms. The van der Waals surface area contributed by atoms with Crippen molar-refractivity contribution >= 4 is 6.09 Å². The van der Waals surface area contributed by atoms with Crippen LogP contribution in [-0.4, -0.2) is 25.5 Å². The normalized spacial score (nSPS) is 20.9. The molecule has 5 nitrogen and oxygen atoms in total. The SMILES string of the molecule is CC/C=C/CNC(=O)OOC1CCCCO1. The molecule has 1 heterocycles. The van der Waals surface area contributed by atoms with Crippen molar-refractivity contribution < 1.29 is 19.3 Å². The molecule has 0 aromatic rings. The zero-order valence-electron chi connectivity index (χ0n) is 9.61. The van der Waals surface area contributed by atoms with Gasteiger partial charge in [0.15, 0.2) is 0 Å². The summed E-state index contributed by atoms with van der Waals surface area (Å²) in [6, 6.07) is 0. The van der Waals surface area contributed by atoms with Crippen LogP contribution in [0.15, 0.2) is 12.2 Å². The largest absolute Gasteiger partial charge is 0.439 e. The predicted molar refractivity (Wildman–Crippen MR) is 58.6 cm³/mol. The van der Waals surface area contributed by atoms with Crippen LogP contribution in [0, 0.1) is 0 Å². The Morgan fingerprint density at radius 3 is 3.06 bits per heavy atom. The van der Waals surface area contributed by atoms with Gasteiger partial charge in [-0.1, -0.05) is 19.1 Å². The van der Waals surface area contributed by atoms with Gasteiger partial charge in [-0.25, -0.2) is 4.79 Å². The first kappa shape index (κ1) is 13.0. The highest BCUT2D eigenvalue weighted by Gasteiger charge is 2.16. The van der Waals surface area contributed by atoms with Crippen LogP contribution in [-0.2, 0) is 14.5 Å². The second-order valence-corrected chi connectivity index (χ2v) is 3.52. The lowest BCUT2D eigenvalue weighted by molar-refractivity contribution is -0.346. The van der Waals surface area contributed by atoms with Gasteiger partial charge >= 0.3 is 6.09 Å². The zero-order chi connectivity index (χ0) is 11.6. The minimum Gasteiger partial charge on any atom is -0.349 e. The van der Waals surface area contributed by atoms with E-state index in [1.54, 1.807) is 0 Å². The van der Waals surface area contributed by atoms with Crippen LogP contribution in [0.5, 0.6) is 0 Å². The predicted octanol–water partition coefficient (Wildman–Crippen LogP) is 2.14. The van der Waals surface area contributed by atoms with E-state index in [2.05, 4.69) is 10.2 Å².